The molecule has 0 aliphatic carbocycles. The minimum absolute atomic E-state index is 0.144. The maximum atomic E-state index is 12.0. The van der Waals surface area contributed by atoms with Gasteiger partial charge in [0.15, 0.2) is 0 Å². The molecule has 0 heterocycles. The first-order valence-corrected chi connectivity index (χ1v) is 6.91. The topological polar surface area (TPSA) is 84.3 Å². The van der Waals surface area contributed by atoms with Crippen molar-refractivity contribution in [1.82, 2.24) is 0 Å². The van der Waals surface area contributed by atoms with Crippen LogP contribution in [0.3, 0.4) is 0 Å². The van der Waals surface area contributed by atoms with Gasteiger partial charge in [0.1, 0.15) is 5.69 Å². The number of nitro benzene ring substituents is 1. The van der Waals surface area contributed by atoms with Crippen LogP contribution in [0.25, 0.3) is 0 Å². The number of halogens is 2. The maximum Gasteiger partial charge on any atom is 0.323 e. The molecule has 0 aromatic heterocycles. The molecule has 2 aromatic carbocycles. The van der Waals surface area contributed by atoms with Crippen molar-refractivity contribution in [2.45, 2.75) is 6.92 Å². The van der Waals surface area contributed by atoms with E-state index in [9.17, 15) is 14.9 Å². The molecule has 0 atom stereocenters. The average Bonchev–Trinajstić information content (AvgIpc) is 2.45. The molecule has 2 rings (SSSR count). The highest BCUT2D eigenvalue weighted by atomic mass is 35.5. The molecule has 0 bridgehead atoms. The number of nitrogens with one attached hydrogen (secondary N) is 2. The van der Waals surface area contributed by atoms with E-state index in [2.05, 4.69) is 10.6 Å². The molecule has 2 N–H and O–H groups in total. The molecule has 0 saturated carbocycles. The van der Waals surface area contributed by atoms with Crippen molar-refractivity contribution < 1.29 is 9.72 Å². The second-order valence-corrected chi connectivity index (χ2v) is 5.25. The lowest BCUT2D eigenvalue weighted by molar-refractivity contribution is -0.383. The van der Waals surface area contributed by atoms with Gasteiger partial charge >= 0.3 is 6.03 Å². The second kappa shape index (κ2) is 6.64. The van der Waals surface area contributed by atoms with Crippen LogP contribution in [0.2, 0.25) is 10.0 Å². The van der Waals surface area contributed by atoms with E-state index in [-0.39, 0.29) is 11.4 Å². The zero-order valence-electron chi connectivity index (χ0n) is 11.4. The van der Waals surface area contributed by atoms with E-state index in [4.69, 9.17) is 23.2 Å². The zero-order chi connectivity index (χ0) is 16.3. The molecular weight excluding hydrogens is 329 g/mol. The summed E-state index contributed by atoms with van der Waals surface area (Å²) >= 11 is 11.6. The van der Waals surface area contributed by atoms with Crippen LogP contribution in [0, 0.1) is 17.0 Å². The number of benzene rings is 2. The predicted octanol–water partition coefficient (Wildman–Crippen LogP) is 4.85. The number of nitro groups is 1. The van der Waals surface area contributed by atoms with Crippen molar-refractivity contribution in [3.63, 3.8) is 0 Å². The van der Waals surface area contributed by atoms with Gasteiger partial charge < -0.3 is 10.6 Å². The summed E-state index contributed by atoms with van der Waals surface area (Å²) in [5.41, 5.74) is 0.968. The largest absolute Gasteiger partial charge is 0.323 e. The van der Waals surface area contributed by atoms with Crippen molar-refractivity contribution >= 4 is 46.3 Å². The molecule has 2 amide bonds. The van der Waals surface area contributed by atoms with Crippen molar-refractivity contribution in [3.8, 4) is 0 Å². The summed E-state index contributed by atoms with van der Waals surface area (Å²) in [5.74, 6) is 0. The Kier molecular flexibility index (Phi) is 4.85. The Balaban J connectivity index is 2.19. The zero-order valence-corrected chi connectivity index (χ0v) is 12.9. The summed E-state index contributed by atoms with van der Waals surface area (Å²) in [7, 11) is 0. The molecule has 8 heteroatoms. The first-order chi connectivity index (χ1) is 10.4. The highest BCUT2D eigenvalue weighted by Gasteiger charge is 2.17. The summed E-state index contributed by atoms with van der Waals surface area (Å²) in [6, 6.07) is 8.51. The van der Waals surface area contributed by atoms with Crippen LogP contribution in [0.1, 0.15) is 5.56 Å². The molecule has 0 radical (unpaired) electrons. The normalized spacial score (nSPS) is 10.1. The number of hydrogen-bond donors (Lipinski definition) is 2. The molecule has 22 heavy (non-hydrogen) atoms. The van der Waals surface area contributed by atoms with E-state index in [1.54, 1.807) is 25.1 Å². The van der Waals surface area contributed by atoms with Crippen LogP contribution in [-0.2, 0) is 0 Å². The van der Waals surface area contributed by atoms with Gasteiger partial charge in [-0.05, 0) is 30.7 Å². The number of para-hydroxylation sites is 1. The van der Waals surface area contributed by atoms with E-state index in [0.29, 0.717) is 21.3 Å². The van der Waals surface area contributed by atoms with Gasteiger partial charge in [0.25, 0.3) is 5.69 Å². The van der Waals surface area contributed by atoms with Crippen LogP contribution < -0.4 is 10.6 Å². The molecule has 0 spiro atoms. The SMILES string of the molecule is Cc1cccc([N+](=O)[O-])c1NC(=O)Nc1ccc(Cl)c(Cl)c1. The number of anilines is 2. The molecule has 0 aliphatic rings. The van der Waals surface area contributed by atoms with Crippen molar-refractivity contribution in [1.29, 1.82) is 0 Å². The predicted molar refractivity (Wildman–Crippen MR) is 86.9 cm³/mol. The highest BCUT2D eigenvalue weighted by molar-refractivity contribution is 6.42. The van der Waals surface area contributed by atoms with Crippen LogP contribution in [0.4, 0.5) is 21.9 Å². The summed E-state index contributed by atoms with van der Waals surface area (Å²) in [4.78, 5) is 22.4. The van der Waals surface area contributed by atoms with Gasteiger partial charge in [-0.1, -0.05) is 35.3 Å². The Morgan fingerprint density at radius 2 is 1.86 bits per heavy atom. The second-order valence-electron chi connectivity index (χ2n) is 4.43. The fourth-order valence-electron chi connectivity index (χ4n) is 1.82. The lowest BCUT2D eigenvalue weighted by atomic mass is 10.1. The third kappa shape index (κ3) is 3.66. The molecular formula is C14H11Cl2N3O3. The van der Waals surface area contributed by atoms with Gasteiger partial charge in [0.05, 0.1) is 15.0 Å². The first-order valence-electron chi connectivity index (χ1n) is 6.15. The number of urea groups is 1. The minimum Gasteiger partial charge on any atom is -0.308 e. The van der Waals surface area contributed by atoms with Crippen molar-refractivity contribution in [3.05, 3.63) is 62.1 Å². The number of aryl methyl sites for hydroxylation is 1. The lowest BCUT2D eigenvalue weighted by Crippen LogP contribution is -2.20. The third-order valence-electron chi connectivity index (χ3n) is 2.86. The van der Waals surface area contributed by atoms with Gasteiger partial charge in [0, 0.05) is 11.8 Å². The maximum absolute atomic E-state index is 12.0. The van der Waals surface area contributed by atoms with E-state index in [0.717, 1.165) is 0 Å². The molecule has 6 nitrogen and oxygen atoms in total. The van der Waals surface area contributed by atoms with E-state index < -0.39 is 11.0 Å². The standard InChI is InChI=1S/C14H11Cl2N3O3/c1-8-3-2-4-12(19(21)22)13(8)18-14(20)17-9-5-6-10(15)11(16)7-9/h2-7H,1H3,(H2,17,18,20). The van der Waals surface area contributed by atoms with Crippen molar-refractivity contribution in [2.24, 2.45) is 0 Å². The van der Waals surface area contributed by atoms with Crippen LogP contribution in [0.15, 0.2) is 36.4 Å². The average molecular weight is 340 g/mol. The smallest absolute Gasteiger partial charge is 0.308 e. The number of hydrogen-bond acceptors (Lipinski definition) is 3. The monoisotopic (exact) mass is 339 g/mol. The van der Waals surface area contributed by atoms with E-state index >= 15 is 0 Å². The van der Waals surface area contributed by atoms with Crippen LogP contribution in [-0.4, -0.2) is 11.0 Å². The Labute approximate surface area is 136 Å². The molecule has 0 fully saturated rings. The number of nitrogens with zero attached hydrogens (tertiary/aromatic N) is 1. The summed E-state index contributed by atoms with van der Waals surface area (Å²) < 4.78 is 0. The number of rotatable bonds is 3. The molecule has 2 aromatic rings. The fourth-order valence-corrected chi connectivity index (χ4v) is 2.11. The Morgan fingerprint density at radius 3 is 2.50 bits per heavy atom. The molecule has 114 valence electrons. The van der Waals surface area contributed by atoms with Gasteiger partial charge in [-0.15, -0.1) is 0 Å². The summed E-state index contributed by atoms with van der Waals surface area (Å²) in [6.45, 7) is 1.67. The Hall–Kier alpha value is -2.31. The van der Waals surface area contributed by atoms with Gasteiger partial charge in [0.2, 0.25) is 0 Å². The summed E-state index contributed by atoms with van der Waals surface area (Å²) in [5, 5.41) is 16.7. The van der Waals surface area contributed by atoms with Gasteiger partial charge in [-0.25, -0.2) is 4.79 Å². The van der Waals surface area contributed by atoms with Crippen molar-refractivity contribution in [2.75, 3.05) is 10.6 Å². The number of carbonyl (C=O) groups excluding carboxylic acids is 1. The molecule has 0 aliphatic heterocycles. The quantitative estimate of drug-likeness (QED) is 0.618. The Morgan fingerprint density at radius 1 is 1.14 bits per heavy atom. The number of carbonyl (C=O) groups is 1. The minimum atomic E-state index is -0.615. The third-order valence-corrected chi connectivity index (χ3v) is 3.60. The van der Waals surface area contributed by atoms with E-state index in [1.807, 2.05) is 0 Å². The molecule has 0 saturated heterocycles. The lowest BCUT2D eigenvalue weighted by Gasteiger charge is -2.10. The Bertz CT molecular complexity index is 750. The highest BCUT2D eigenvalue weighted by Crippen LogP contribution is 2.28. The first kappa shape index (κ1) is 16.1. The fraction of sp³-hybridized carbons (Fsp3) is 0.0714. The number of amides is 2. The van der Waals surface area contributed by atoms with E-state index in [1.165, 1.54) is 18.2 Å². The van der Waals surface area contributed by atoms with Gasteiger partial charge in [-0.3, -0.25) is 10.1 Å². The van der Waals surface area contributed by atoms with Crippen LogP contribution >= 0.6 is 23.2 Å². The van der Waals surface area contributed by atoms with Gasteiger partial charge in [-0.2, -0.15) is 0 Å². The molecule has 0 unspecified atom stereocenters. The summed E-state index contributed by atoms with van der Waals surface area (Å²) in [6.07, 6.45) is 0. The van der Waals surface area contributed by atoms with Crippen LogP contribution in [0.5, 0.6) is 0 Å².